The summed E-state index contributed by atoms with van der Waals surface area (Å²) in [6, 6.07) is 8.98. The van der Waals surface area contributed by atoms with E-state index in [9.17, 15) is 8.78 Å². The Hall–Kier alpha value is -1.62. The second-order valence-electron chi connectivity index (χ2n) is 3.94. The van der Waals surface area contributed by atoms with Gasteiger partial charge in [0.05, 0.1) is 12.8 Å². The molecule has 100 valence electrons. The topological polar surface area (TPSA) is 21.3 Å². The minimum Gasteiger partial charge on any atom is -0.497 e. The average molecular weight is 328 g/mol. The summed E-state index contributed by atoms with van der Waals surface area (Å²) in [6.45, 7) is 0.262. The van der Waals surface area contributed by atoms with Crippen LogP contribution in [0.2, 0.25) is 0 Å². The van der Waals surface area contributed by atoms with Crippen molar-refractivity contribution in [3.63, 3.8) is 0 Å². The van der Waals surface area contributed by atoms with Crippen LogP contribution in [0.15, 0.2) is 40.9 Å². The molecule has 19 heavy (non-hydrogen) atoms. The Morgan fingerprint density at radius 3 is 2.63 bits per heavy atom. The minimum atomic E-state index is -0.580. The lowest BCUT2D eigenvalue weighted by Crippen LogP contribution is -2.03. The molecule has 0 aliphatic carbocycles. The first kappa shape index (κ1) is 13.8. The highest BCUT2D eigenvalue weighted by Gasteiger charge is 2.06. The molecule has 0 unspecified atom stereocenters. The third kappa shape index (κ3) is 3.44. The summed E-state index contributed by atoms with van der Waals surface area (Å²) in [4.78, 5) is 0. The maximum Gasteiger partial charge on any atom is 0.131 e. The van der Waals surface area contributed by atoms with Crippen LogP contribution in [0.4, 0.5) is 14.5 Å². The van der Waals surface area contributed by atoms with Crippen LogP contribution >= 0.6 is 15.9 Å². The second-order valence-corrected chi connectivity index (χ2v) is 4.79. The molecule has 0 atom stereocenters. The number of nitrogens with one attached hydrogen (secondary N) is 1. The fourth-order valence-electron chi connectivity index (χ4n) is 1.62. The highest BCUT2D eigenvalue weighted by molar-refractivity contribution is 9.10. The van der Waals surface area contributed by atoms with Gasteiger partial charge in [-0.25, -0.2) is 8.78 Å². The third-order valence-electron chi connectivity index (χ3n) is 2.66. The van der Waals surface area contributed by atoms with Gasteiger partial charge in [-0.3, -0.25) is 0 Å². The van der Waals surface area contributed by atoms with E-state index in [1.165, 1.54) is 12.1 Å². The van der Waals surface area contributed by atoms with Crippen LogP contribution < -0.4 is 10.1 Å². The van der Waals surface area contributed by atoms with Crippen molar-refractivity contribution in [1.82, 2.24) is 0 Å². The van der Waals surface area contributed by atoms with E-state index >= 15 is 0 Å². The highest BCUT2D eigenvalue weighted by atomic mass is 79.9. The van der Waals surface area contributed by atoms with Crippen LogP contribution in [0.1, 0.15) is 5.56 Å². The van der Waals surface area contributed by atoms with Crippen LogP contribution in [0.3, 0.4) is 0 Å². The van der Waals surface area contributed by atoms with Crippen molar-refractivity contribution in [3.05, 3.63) is 58.1 Å². The highest BCUT2D eigenvalue weighted by Crippen LogP contribution is 2.27. The van der Waals surface area contributed by atoms with E-state index in [-0.39, 0.29) is 6.54 Å². The monoisotopic (exact) mass is 327 g/mol. The van der Waals surface area contributed by atoms with Crippen molar-refractivity contribution >= 4 is 21.6 Å². The average Bonchev–Trinajstić information content (AvgIpc) is 2.39. The van der Waals surface area contributed by atoms with Gasteiger partial charge in [-0.2, -0.15) is 0 Å². The SMILES string of the molecule is COc1ccc(Br)c(NCc2ccc(F)cc2F)c1. The van der Waals surface area contributed by atoms with E-state index in [4.69, 9.17) is 4.74 Å². The van der Waals surface area contributed by atoms with Gasteiger partial charge in [-0.1, -0.05) is 6.07 Å². The summed E-state index contributed by atoms with van der Waals surface area (Å²) < 4.78 is 32.2. The van der Waals surface area contributed by atoms with E-state index in [1.54, 1.807) is 13.2 Å². The smallest absolute Gasteiger partial charge is 0.131 e. The lowest BCUT2D eigenvalue weighted by molar-refractivity contribution is 0.415. The first-order valence-electron chi connectivity index (χ1n) is 5.61. The molecule has 0 radical (unpaired) electrons. The second kappa shape index (κ2) is 6.02. The van der Waals surface area contributed by atoms with Crippen LogP contribution in [-0.2, 0) is 6.54 Å². The number of ether oxygens (including phenoxy) is 1. The van der Waals surface area contributed by atoms with E-state index in [0.29, 0.717) is 11.3 Å². The Balaban J connectivity index is 2.14. The molecule has 0 heterocycles. The number of methoxy groups -OCH3 is 1. The first-order chi connectivity index (χ1) is 9.10. The zero-order chi connectivity index (χ0) is 13.8. The Morgan fingerprint density at radius 2 is 1.95 bits per heavy atom. The van der Waals surface area contributed by atoms with Crippen LogP contribution in [0.5, 0.6) is 5.75 Å². The number of hydrogen-bond acceptors (Lipinski definition) is 2. The molecule has 2 rings (SSSR count). The largest absolute Gasteiger partial charge is 0.497 e. The molecule has 0 aliphatic rings. The first-order valence-corrected chi connectivity index (χ1v) is 6.41. The molecule has 1 N–H and O–H groups in total. The molecule has 0 fully saturated rings. The minimum absolute atomic E-state index is 0.262. The molecule has 2 aromatic carbocycles. The number of benzene rings is 2. The van der Waals surface area contributed by atoms with E-state index in [1.807, 2.05) is 12.1 Å². The Labute approximate surface area is 118 Å². The van der Waals surface area contributed by atoms with Gasteiger partial charge in [0, 0.05) is 28.7 Å². The molecule has 0 saturated heterocycles. The maximum absolute atomic E-state index is 13.5. The predicted octanol–water partition coefficient (Wildman–Crippen LogP) is 4.35. The summed E-state index contributed by atoms with van der Waals surface area (Å²) in [5.41, 5.74) is 1.18. The molecule has 0 bridgehead atoms. The lowest BCUT2D eigenvalue weighted by Gasteiger charge is -2.11. The zero-order valence-corrected chi connectivity index (χ0v) is 11.8. The van der Waals surface area contributed by atoms with Gasteiger partial charge in [0.15, 0.2) is 0 Å². The van der Waals surface area contributed by atoms with Crippen molar-refractivity contribution in [2.24, 2.45) is 0 Å². The predicted molar refractivity (Wildman–Crippen MR) is 74.4 cm³/mol. The van der Waals surface area contributed by atoms with Gasteiger partial charge in [-0.05, 0) is 34.1 Å². The van der Waals surface area contributed by atoms with Crippen molar-refractivity contribution in [3.8, 4) is 5.75 Å². The molecule has 0 amide bonds. The van der Waals surface area contributed by atoms with E-state index < -0.39 is 11.6 Å². The Morgan fingerprint density at radius 1 is 1.16 bits per heavy atom. The van der Waals surface area contributed by atoms with Crippen molar-refractivity contribution in [2.45, 2.75) is 6.54 Å². The van der Waals surface area contributed by atoms with Crippen molar-refractivity contribution < 1.29 is 13.5 Å². The lowest BCUT2D eigenvalue weighted by atomic mass is 10.2. The van der Waals surface area contributed by atoms with Gasteiger partial charge in [0.1, 0.15) is 17.4 Å². The molecule has 0 aliphatic heterocycles. The molecule has 0 aromatic heterocycles. The fraction of sp³-hybridized carbons (Fsp3) is 0.143. The van der Waals surface area contributed by atoms with Gasteiger partial charge < -0.3 is 10.1 Å². The number of anilines is 1. The van der Waals surface area contributed by atoms with Crippen LogP contribution in [-0.4, -0.2) is 7.11 Å². The molecule has 0 saturated carbocycles. The summed E-state index contributed by atoms with van der Waals surface area (Å²) in [7, 11) is 1.58. The summed E-state index contributed by atoms with van der Waals surface area (Å²) in [5, 5.41) is 3.07. The van der Waals surface area contributed by atoms with Gasteiger partial charge in [0.2, 0.25) is 0 Å². The molecule has 2 aromatic rings. The quantitative estimate of drug-likeness (QED) is 0.901. The standard InChI is InChI=1S/C14H12BrF2NO/c1-19-11-4-5-12(15)14(7-11)18-8-9-2-3-10(16)6-13(9)17/h2-7,18H,8H2,1H3. The van der Waals surface area contributed by atoms with Crippen molar-refractivity contribution in [1.29, 1.82) is 0 Å². The molecule has 0 spiro atoms. The zero-order valence-electron chi connectivity index (χ0n) is 10.2. The number of hydrogen-bond donors (Lipinski definition) is 1. The molecular weight excluding hydrogens is 316 g/mol. The van der Waals surface area contributed by atoms with Gasteiger partial charge in [0.25, 0.3) is 0 Å². The normalized spacial score (nSPS) is 10.3. The summed E-state index contributed by atoms with van der Waals surface area (Å²) in [5.74, 6) is -0.444. The molecular formula is C14H12BrF2NO. The molecule has 5 heteroatoms. The fourth-order valence-corrected chi connectivity index (χ4v) is 2.01. The van der Waals surface area contributed by atoms with Gasteiger partial charge >= 0.3 is 0 Å². The number of halogens is 3. The summed E-state index contributed by atoms with van der Waals surface area (Å²) >= 11 is 3.39. The van der Waals surface area contributed by atoms with Gasteiger partial charge in [-0.15, -0.1) is 0 Å². The Kier molecular flexibility index (Phi) is 4.37. The number of rotatable bonds is 4. The maximum atomic E-state index is 13.5. The van der Waals surface area contributed by atoms with Crippen LogP contribution in [0, 0.1) is 11.6 Å². The van der Waals surface area contributed by atoms with Crippen LogP contribution in [0.25, 0.3) is 0 Å². The summed E-state index contributed by atoms with van der Waals surface area (Å²) in [6.07, 6.45) is 0. The Bertz CT molecular complexity index is 590. The van der Waals surface area contributed by atoms with E-state index in [0.717, 1.165) is 16.2 Å². The molecule has 2 nitrogen and oxygen atoms in total. The van der Waals surface area contributed by atoms with E-state index in [2.05, 4.69) is 21.2 Å². The third-order valence-corrected chi connectivity index (χ3v) is 3.35. The van der Waals surface area contributed by atoms with Crippen molar-refractivity contribution in [2.75, 3.05) is 12.4 Å².